The van der Waals surface area contributed by atoms with Gasteiger partial charge in [0, 0.05) is 0 Å². The summed E-state index contributed by atoms with van der Waals surface area (Å²) in [5.74, 6) is -0.505. The highest BCUT2D eigenvalue weighted by Crippen LogP contribution is 2.31. The minimum atomic E-state index is -0.961. The van der Waals surface area contributed by atoms with E-state index in [4.69, 9.17) is 9.84 Å². The predicted octanol–water partition coefficient (Wildman–Crippen LogP) is 5.93. The van der Waals surface area contributed by atoms with Crippen molar-refractivity contribution in [1.29, 1.82) is 0 Å². The highest BCUT2D eigenvalue weighted by molar-refractivity contribution is 9.10. The van der Waals surface area contributed by atoms with Crippen LogP contribution in [0.5, 0.6) is 5.75 Å². The maximum Gasteiger partial charge on any atom is 0.335 e. The van der Waals surface area contributed by atoms with Crippen LogP contribution in [-0.4, -0.2) is 22.2 Å². The lowest BCUT2D eigenvalue weighted by Gasteiger charge is -2.09. The Morgan fingerprint density at radius 1 is 1.12 bits per heavy atom. The summed E-state index contributed by atoms with van der Waals surface area (Å²) in [6.45, 7) is 2.31. The van der Waals surface area contributed by atoms with E-state index < -0.39 is 5.97 Å². The van der Waals surface area contributed by atoms with Crippen molar-refractivity contribution in [3.05, 3.63) is 98.4 Å². The van der Waals surface area contributed by atoms with Crippen molar-refractivity contribution in [3.63, 3.8) is 0 Å². The van der Waals surface area contributed by atoms with E-state index in [1.54, 1.807) is 30.3 Å². The Kier molecular flexibility index (Phi) is 6.96. The second-order valence-corrected chi connectivity index (χ2v) is 9.18. The number of amides is 1. The van der Waals surface area contributed by atoms with Gasteiger partial charge in [-0.3, -0.25) is 4.79 Å². The molecule has 8 heteroatoms. The minimum Gasteiger partial charge on any atom is -0.488 e. The molecule has 1 aliphatic rings. The molecule has 0 atom stereocenters. The Bertz CT molecular complexity index is 1270. The minimum absolute atomic E-state index is 0.188. The van der Waals surface area contributed by atoms with Crippen molar-refractivity contribution in [1.82, 2.24) is 5.32 Å². The molecule has 1 fully saturated rings. The van der Waals surface area contributed by atoms with Crippen LogP contribution < -0.4 is 10.1 Å². The lowest BCUT2D eigenvalue weighted by molar-refractivity contribution is -0.115. The average Bonchev–Trinajstić information content (AvgIpc) is 3.13. The Balaban J connectivity index is 1.42. The van der Waals surface area contributed by atoms with E-state index in [9.17, 15) is 9.59 Å². The number of aryl methyl sites for hydroxylation is 1. The molecular weight excluding hydrogens is 504 g/mol. The van der Waals surface area contributed by atoms with Gasteiger partial charge in [-0.25, -0.2) is 9.79 Å². The van der Waals surface area contributed by atoms with Crippen LogP contribution >= 0.6 is 27.7 Å². The fourth-order valence-corrected chi connectivity index (χ4v) is 4.35. The zero-order valence-corrected chi connectivity index (χ0v) is 19.9. The highest BCUT2D eigenvalue weighted by atomic mass is 79.9. The van der Waals surface area contributed by atoms with Crippen molar-refractivity contribution < 1.29 is 19.4 Å². The number of nitrogens with zero attached hydrogens (tertiary/aromatic N) is 1. The molecule has 1 aliphatic heterocycles. The fourth-order valence-electron chi connectivity index (χ4n) is 3.00. The fraction of sp³-hybridized carbons (Fsp3) is 0.0800. The standard InChI is InChI=1S/C25H19BrN2O4S/c1-15-2-9-19(10-3-15)27-25-28-23(29)22(33-25)13-17-6-11-21(20(26)12-17)32-14-16-4-7-18(8-5-16)24(30)31/h2-13H,14H2,1H3,(H,30,31)(H,27,28,29)/b22-13+. The Hall–Kier alpha value is -3.36. The molecule has 4 rings (SSSR count). The van der Waals surface area contributed by atoms with Gasteiger partial charge in [0.2, 0.25) is 0 Å². The summed E-state index contributed by atoms with van der Waals surface area (Å²) in [5, 5.41) is 12.3. The molecule has 2 N–H and O–H groups in total. The number of carbonyl (C=O) groups excluding carboxylic acids is 1. The van der Waals surface area contributed by atoms with Crippen molar-refractivity contribution >= 4 is 56.5 Å². The van der Waals surface area contributed by atoms with Crippen molar-refractivity contribution in [2.75, 3.05) is 0 Å². The zero-order valence-electron chi connectivity index (χ0n) is 17.5. The number of halogens is 1. The molecule has 0 radical (unpaired) electrons. The Morgan fingerprint density at radius 2 is 1.85 bits per heavy atom. The van der Waals surface area contributed by atoms with E-state index in [1.807, 2.05) is 49.4 Å². The summed E-state index contributed by atoms with van der Waals surface area (Å²) in [5.41, 5.74) is 3.87. The largest absolute Gasteiger partial charge is 0.488 e. The van der Waals surface area contributed by atoms with Gasteiger partial charge in [-0.05, 0) is 88.2 Å². The molecule has 6 nitrogen and oxygen atoms in total. The summed E-state index contributed by atoms with van der Waals surface area (Å²) in [6.07, 6.45) is 1.80. The molecule has 3 aromatic rings. The van der Waals surface area contributed by atoms with Crippen LogP contribution in [-0.2, 0) is 11.4 Å². The monoisotopic (exact) mass is 522 g/mol. The van der Waals surface area contributed by atoms with Gasteiger partial charge in [0.1, 0.15) is 12.4 Å². The molecule has 3 aromatic carbocycles. The van der Waals surface area contributed by atoms with E-state index in [2.05, 4.69) is 26.2 Å². The molecule has 0 aliphatic carbocycles. The summed E-state index contributed by atoms with van der Waals surface area (Å²) < 4.78 is 6.59. The van der Waals surface area contributed by atoms with Crippen LogP contribution in [0.1, 0.15) is 27.0 Å². The van der Waals surface area contributed by atoms with Crippen LogP contribution in [0.2, 0.25) is 0 Å². The van der Waals surface area contributed by atoms with E-state index in [1.165, 1.54) is 11.8 Å². The quantitative estimate of drug-likeness (QED) is 0.392. The van der Waals surface area contributed by atoms with Gasteiger partial charge in [0.05, 0.1) is 20.6 Å². The molecule has 1 saturated heterocycles. The van der Waals surface area contributed by atoms with Gasteiger partial charge >= 0.3 is 5.97 Å². The van der Waals surface area contributed by atoms with Crippen LogP contribution in [0.4, 0.5) is 5.69 Å². The number of rotatable bonds is 6. The van der Waals surface area contributed by atoms with Crippen LogP contribution in [0.3, 0.4) is 0 Å². The number of benzene rings is 3. The molecular formula is C25H19BrN2O4S. The molecule has 166 valence electrons. The number of hydrogen-bond acceptors (Lipinski definition) is 5. The van der Waals surface area contributed by atoms with Crippen molar-refractivity contribution in [2.45, 2.75) is 13.5 Å². The SMILES string of the molecule is Cc1ccc(N=C2NC(=O)/C(=C\c3ccc(OCc4ccc(C(=O)O)cc4)c(Br)c3)S2)cc1. The first kappa shape index (κ1) is 22.8. The summed E-state index contributed by atoms with van der Waals surface area (Å²) in [7, 11) is 0. The number of hydrogen-bond donors (Lipinski definition) is 2. The third kappa shape index (κ3) is 5.91. The van der Waals surface area contributed by atoms with Gasteiger partial charge in [-0.2, -0.15) is 0 Å². The number of carbonyl (C=O) groups is 2. The maximum absolute atomic E-state index is 12.4. The summed E-state index contributed by atoms with van der Waals surface area (Å²) in [6, 6.07) is 19.9. The first-order valence-electron chi connectivity index (χ1n) is 9.98. The second-order valence-electron chi connectivity index (χ2n) is 7.30. The van der Waals surface area contributed by atoms with Crippen LogP contribution in [0, 0.1) is 6.92 Å². The third-order valence-electron chi connectivity index (χ3n) is 4.76. The number of amidine groups is 1. The van der Waals surface area contributed by atoms with E-state index in [-0.39, 0.29) is 11.5 Å². The number of ether oxygens (including phenoxy) is 1. The molecule has 0 unspecified atom stereocenters. The third-order valence-corrected chi connectivity index (χ3v) is 6.29. The van der Waals surface area contributed by atoms with E-state index >= 15 is 0 Å². The van der Waals surface area contributed by atoms with Crippen molar-refractivity contribution in [2.24, 2.45) is 4.99 Å². The molecule has 33 heavy (non-hydrogen) atoms. The van der Waals surface area contributed by atoms with E-state index in [0.29, 0.717) is 22.4 Å². The first-order chi connectivity index (χ1) is 15.9. The number of thioether (sulfide) groups is 1. The molecule has 1 amide bonds. The second kappa shape index (κ2) is 10.1. The van der Waals surface area contributed by atoms with Crippen molar-refractivity contribution in [3.8, 4) is 5.75 Å². The number of aliphatic imine (C=N–C) groups is 1. The van der Waals surface area contributed by atoms with Gasteiger partial charge in [0.25, 0.3) is 5.91 Å². The topological polar surface area (TPSA) is 88.0 Å². The van der Waals surface area contributed by atoms with Crippen LogP contribution in [0.15, 0.2) is 81.1 Å². The smallest absolute Gasteiger partial charge is 0.335 e. The van der Waals surface area contributed by atoms with Crippen LogP contribution in [0.25, 0.3) is 6.08 Å². The first-order valence-corrected chi connectivity index (χ1v) is 11.6. The maximum atomic E-state index is 12.4. The molecule has 0 saturated carbocycles. The van der Waals surface area contributed by atoms with Gasteiger partial charge in [0.15, 0.2) is 5.17 Å². The summed E-state index contributed by atoms with van der Waals surface area (Å²) >= 11 is 4.81. The Morgan fingerprint density at radius 3 is 2.52 bits per heavy atom. The zero-order chi connectivity index (χ0) is 23.4. The lowest BCUT2D eigenvalue weighted by Crippen LogP contribution is -2.19. The molecule has 0 spiro atoms. The summed E-state index contributed by atoms with van der Waals surface area (Å²) in [4.78, 5) is 28.3. The molecule has 1 heterocycles. The lowest BCUT2D eigenvalue weighted by atomic mass is 10.1. The Labute approximate surface area is 203 Å². The molecule has 0 bridgehead atoms. The predicted molar refractivity (Wildman–Crippen MR) is 134 cm³/mol. The average molecular weight is 523 g/mol. The normalized spacial score (nSPS) is 15.6. The van der Waals surface area contributed by atoms with Gasteiger partial charge in [-0.15, -0.1) is 0 Å². The molecule has 0 aromatic heterocycles. The van der Waals surface area contributed by atoms with Gasteiger partial charge in [-0.1, -0.05) is 35.9 Å². The number of carboxylic acid groups (broad SMARTS) is 1. The number of aromatic carboxylic acids is 1. The van der Waals surface area contributed by atoms with E-state index in [0.717, 1.165) is 26.9 Å². The highest BCUT2D eigenvalue weighted by Gasteiger charge is 2.23. The van der Waals surface area contributed by atoms with Gasteiger partial charge < -0.3 is 15.2 Å². The number of carboxylic acids is 1. The number of nitrogens with one attached hydrogen (secondary N) is 1.